The third-order valence-electron chi connectivity index (χ3n) is 5.32. The quantitative estimate of drug-likeness (QED) is 0.818. The van der Waals surface area contributed by atoms with E-state index in [0.29, 0.717) is 12.1 Å². The van der Waals surface area contributed by atoms with E-state index in [9.17, 15) is 0 Å². The summed E-state index contributed by atoms with van der Waals surface area (Å²) in [6, 6.07) is 9.30. The van der Waals surface area contributed by atoms with Crippen molar-refractivity contribution in [3.05, 3.63) is 29.8 Å². The van der Waals surface area contributed by atoms with Gasteiger partial charge in [-0.2, -0.15) is 0 Å². The van der Waals surface area contributed by atoms with Crippen LogP contribution in [0, 0.1) is 11.8 Å². The highest BCUT2D eigenvalue weighted by molar-refractivity contribution is 5.30. The minimum absolute atomic E-state index is 0.486. The molecule has 0 heterocycles. The monoisotopic (exact) mass is 287 g/mol. The lowest BCUT2D eigenvalue weighted by atomic mass is 9.76. The highest BCUT2D eigenvalue weighted by atomic mass is 16.5. The summed E-state index contributed by atoms with van der Waals surface area (Å²) in [6.45, 7) is 2.33. The maximum absolute atomic E-state index is 5.85. The Morgan fingerprint density at radius 3 is 2.24 bits per heavy atom. The molecular formula is C19H29NO. The molecule has 2 fully saturated rings. The molecule has 0 radical (unpaired) electrons. The van der Waals surface area contributed by atoms with Crippen molar-refractivity contribution < 1.29 is 4.74 Å². The Hall–Kier alpha value is -1.02. The van der Waals surface area contributed by atoms with E-state index in [0.717, 1.165) is 17.6 Å². The number of benzene rings is 1. The van der Waals surface area contributed by atoms with Crippen molar-refractivity contribution in [3.8, 4) is 5.75 Å². The topological polar surface area (TPSA) is 21.3 Å². The van der Waals surface area contributed by atoms with E-state index < -0.39 is 0 Å². The van der Waals surface area contributed by atoms with Crippen LogP contribution < -0.4 is 10.1 Å². The molecule has 2 aliphatic rings. The first-order chi connectivity index (χ1) is 10.3. The Morgan fingerprint density at radius 1 is 1.05 bits per heavy atom. The number of ether oxygens (including phenoxy) is 1. The first-order valence-electron chi connectivity index (χ1n) is 8.74. The van der Waals surface area contributed by atoms with E-state index in [-0.39, 0.29) is 0 Å². The van der Waals surface area contributed by atoms with Crippen molar-refractivity contribution in [1.29, 1.82) is 0 Å². The normalized spacial score (nSPS) is 27.3. The molecule has 0 aliphatic heterocycles. The van der Waals surface area contributed by atoms with Crippen LogP contribution in [0.5, 0.6) is 5.75 Å². The standard InChI is InChI=1S/C19H29NO/c1-3-14-4-6-15(7-5-14)19(20-2)16-8-10-17(11-9-16)21-18-12-13-18/h8-11,14-15,18-20H,3-7,12-13H2,1-2H3. The Bertz CT molecular complexity index is 429. The second-order valence-corrected chi connectivity index (χ2v) is 6.84. The molecule has 1 aromatic carbocycles. The first-order valence-corrected chi connectivity index (χ1v) is 8.74. The lowest BCUT2D eigenvalue weighted by Crippen LogP contribution is -2.28. The summed E-state index contributed by atoms with van der Waals surface area (Å²) in [5.74, 6) is 2.78. The summed E-state index contributed by atoms with van der Waals surface area (Å²) in [5, 5.41) is 3.55. The highest BCUT2D eigenvalue weighted by Gasteiger charge is 2.27. The molecule has 1 atom stereocenters. The minimum Gasteiger partial charge on any atom is -0.490 e. The Balaban J connectivity index is 1.62. The Kier molecular flexibility index (Phi) is 4.84. The lowest BCUT2D eigenvalue weighted by Gasteiger charge is -2.33. The van der Waals surface area contributed by atoms with Crippen LogP contribution >= 0.6 is 0 Å². The van der Waals surface area contributed by atoms with Gasteiger partial charge in [-0.05, 0) is 62.3 Å². The van der Waals surface area contributed by atoms with Crippen LogP contribution in [0.25, 0.3) is 0 Å². The maximum atomic E-state index is 5.85. The fourth-order valence-corrected chi connectivity index (χ4v) is 3.74. The molecule has 0 spiro atoms. The van der Waals surface area contributed by atoms with Gasteiger partial charge in [0.25, 0.3) is 0 Å². The van der Waals surface area contributed by atoms with Crippen LogP contribution in [-0.4, -0.2) is 13.2 Å². The van der Waals surface area contributed by atoms with Crippen molar-refractivity contribution in [2.75, 3.05) is 7.05 Å². The van der Waals surface area contributed by atoms with Gasteiger partial charge in [-0.3, -0.25) is 0 Å². The molecule has 2 saturated carbocycles. The minimum atomic E-state index is 0.486. The molecule has 2 aliphatic carbocycles. The molecule has 2 nitrogen and oxygen atoms in total. The second kappa shape index (κ2) is 6.83. The summed E-state index contributed by atoms with van der Waals surface area (Å²) >= 11 is 0. The van der Waals surface area contributed by atoms with E-state index in [1.807, 2.05) is 0 Å². The van der Waals surface area contributed by atoms with Gasteiger partial charge >= 0.3 is 0 Å². The van der Waals surface area contributed by atoms with Crippen LogP contribution in [0.3, 0.4) is 0 Å². The van der Waals surface area contributed by atoms with E-state index in [2.05, 4.69) is 43.6 Å². The van der Waals surface area contributed by atoms with Crippen LogP contribution in [0.4, 0.5) is 0 Å². The predicted molar refractivity (Wildman–Crippen MR) is 87.6 cm³/mol. The first kappa shape index (κ1) is 14.9. The summed E-state index contributed by atoms with van der Waals surface area (Å²) < 4.78 is 5.85. The van der Waals surface area contributed by atoms with Gasteiger partial charge in [-0.15, -0.1) is 0 Å². The molecule has 116 valence electrons. The lowest BCUT2D eigenvalue weighted by molar-refractivity contribution is 0.224. The van der Waals surface area contributed by atoms with Gasteiger partial charge in [-0.1, -0.05) is 38.3 Å². The molecule has 0 bridgehead atoms. The van der Waals surface area contributed by atoms with Crippen molar-refractivity contribution in [3.63, 3.8) is 0 Å². The van der Waals surface area contributed by atoms with Gasteiger partial charge in [0.2, 0.25) is 0 Å². The number of hydrogen-bond donors (Lipinski definition) is 1. The predicted octanol–water partition coefficient (Wildman–Crippen LogP) is 4.70. The SMILES string of the molecule is CCC1CCC(C(NC)c2ccc(OC3CC3)cc2)CC1. The van der Waals surface area contributed by atoms with E-state index in [1.54, 1.807) is 0 Å². The molecule has 0 aromatic heterocycles. The summed E-state index contributed by atoms with van der Waals surface area (Å²) in [4.78, 5) is 0. The van der Waals surface area contributed by atoms with E-state index in [4.69, 9.17) is 4.74 Å². The molecule has 0 saturated heterocycles. The zero-order valence-electron chi connectivity index (χ0n) is 13.5. The van der Waals surface area contributed by atoms with Gasteiger partial charge in [0, 0.05) is 6.04 Å². The fourth-order valence-electron chi connectivity index (χ4n) is 3.74. The van der Waals surface area contributed by atoms with Crippen LogP contribution in [0.2, 0.25) is 0 Å². The zero-order valence-corrected chi connectivity index (χ0v) is 13.5. The molecular weight excluding hydrogens is 258 g/mol. The average molecular weight is 287 g/mol. The zero-order chi connectivity index (χ0) is 14.7. The molecule has 2 heteroatoms. The van der Waals surface area contributed by atoms with Crippen LogP contribution in [0.15, 0.2) is 24.3 Å². The van der Waals surface area contributed by atoms with Gasteiger partial charge in [0.05, 0.1) is 6.10 Å². The molecule has 1 aromatic rings. The van der Waals surface area contributed by atoms with Gasteiger partial charge in [-0.25, -0.2) is 0 Å². The Labute approximate surface area is 129 Å². The second-order valence-electron chi connectivity index (χ2n) is 6.84. The van der Waals surface area contributed by atoms with Crippen molar-refractivity contribution in [1.82, 2.24) is 5.32 Å². The van der Waals surface area contributed by atoms with Crippen LogP contribution in [-0.2, 0) is 0 Å². The average Bonchev–Trinajstić information content (AvgIpc) is 3.34. The third kappa shape index (κ3) is 3.79. The van der Waals surface area contributed by atoms with Crippen molar-refractivity contribution in [2.45, 2.75) is 64.0 Å². The summed E-state index contributed by atoms with van der Waals surface area (Å²) in [5.41, 5.74) is 1.42. The third-order valence-corrected chi connectivity index (χ3v) is 5.32. The smallest absolute Gasteiger partial charge is 0.119 e. The molecule has 1 unspecified atom stereocenters. The molecule has 3 rings (SSSR count). The fraction of sp³-hybridized carbons (Fsp3) is 0.684. The van der Waals surface area contributed by atoms with Gasteiger partial charge < -0.3 is 10.1 Å². The summed E-state index contributed by atoms with van der Waals surface area (Å²) in [6.07, 6.45) is 9.83. The Morgan fingerprint density at radius 2 is 1.71 bits per heavy atom. The molecule has 21 heavy (non-hydrogen) atoms. The molecule has 1 N–H and O–H groups in total. The number of nitrogens with one attached hydrogen (secondary N) is 1. The van der Waals surface area contributed by atoms with Gasteiger partial charge in [0.15, 0.2) is 0 Å². The van der Waals surface area contributed by atoms with Crippen LogP contribution in [0.1, 0.15) is 63.5 Å². The summed E-state index contributed by atoms with van der Waals surface area (Å²) in [7, 11) is 2.10. The van der Waals surface area contributed by atoms with Crippen molar-refractivity contribution >= 4 is 0 Å². The van der Waals surface area contributed by atoms with Crippen molar-refractivity contribution in [2.24, 2.45) is 11.8 Å². The maximum Gasteiger partial charge on any atom is 0.119 e. The number of hydrogen-bond acceptors (Lipinski definition) is 2. The van der Waals surface area contributed by atoms with Gasteiger partial charge in [0.1, 0.15) is 5.75 Å². The van der Waals surface area contributed by atoms with E-state index in [1.165, 1.54) is 50.5 Å². The largest absolute Gasteiger partial charge is 0.490 e. The highest BCUT2D eigenvalue weighted by Crippen LogP contribution is 2.38. The number of rotatable bonds is 6. The van der Waals surface area contributed by atoms with E-state index >= 15 is 0 Å². The molecule has 0 amide bonds.